The van der Waals surface area contributed by atoms with Crippen molar-refractivity contribution in [3.8, 4) is 6.07 Å². The highest BCUT2D eigenvalue weighted by molar-refractivity contribution is 6.31. The zero-order chi connectivity index (χ0) is 40.4. The van der Waals surface area contributed by atoms with Crippen LogP contribution in [0.2, 0.25) is 5.02 Å². The van der Waals surface area contributed by atoms with Gasteiger partial charge >= 0.3 is 6.09 Å². The molecule has 0 saturated heterocycles. The topological polar surface area (TPSA) is 147 Å². The van der Waals surface area contributed by atoms with E-state index in [0.717, 1.165) is 23.6 Å². The van der Waals surface area contributed by atoms with E-state index in [2.05, 4.69) is 41.5 Å². The number of fused-ring (bicyclic) bond motifs is 1. The standard InChI is InChI=1S/C25H28ClFN4O3.C5H11NO2.C4H8.C4H6.C2H6/c1-4-16-9-17-5-7-31(15(2)25(17)19(26)10-16)24(33)14-29-22-12-21(18(13-28)11-20(22)27)30-23(32)6-8-34-3;1-5(2,3)8-4(6)7;2*1-3-4-2;1-2/h9-12,15,29H,4-8,14H2,1-3H3,(H,30,32);1-3H3,(H2,6,7);3-4H,1-2H3;3-4H,1-2H2;1-2H3/b;;4-3-;;. The predicted octanol–water partition coefficient (Wildman–Crippen LogP) is 9.29. The summed E-state index contributed by atoms with van der Waals surface area (Å²) in [5.41, 5.74) is 7.70. The number of carbonyl (C=O) groups excluding carboxylic acids is 3. The van der Waals surface area contributed by atoms with E-state index in [1.54, 1.807) is 37.8 Å². The van der Waals surface area contributed by atoms with Gasteiger partial charge in [0.2, 0.25) is 11.8 Å². The molecular formula is C40H59ClFN5O5. The first-order valence-electron chi connectivity index (χ1n) is 17.2. The van der Waals surface area contributed by atoms with E-state index in [-0.39, 0.29) is 54.4 Å². The second-order valence-corrected chi connectivity index (χ2v) is 12.2. The molecule has 1 aliphatic heterocycles. The molecule has 2 aromatic rings. The van der Waals surface area contributed by atoms with Gasteiger partial charge < -0.3 is 30.7 Å². The number of nitrogens with two attached hydrogens (primary N) is 1. The van der Waals surface area contributed by atoms with Gasteiger partial charge in [-0.3, -0.25) is 9.59 Å². The highest BCUT2D eigenvalue weighted by Crippen LogP contribution is 2.36. The van der Waals surface area contributed by atoms with E-state index in [1.807, 2.05) is 58.9 Å². The van der Waals surface area contributed by atoms with Crippen LogP contribution in [0.25, 0.3) is 0 Å². The van der Waals surface area contributed by atoms with Gasteiger partial charge in [-0.1, -0.05) is 75.9 Å². The minimum Gasteiger partial charge on any atom is -0.444 e. The number of nitriles is 1. The second kappa shape index (κ2) is 27.1. The molecule has 2 aromatic carbocycles. The molecule has 3 amide bonds. The maximum Gasteiger partial charge on any atom is 0.405 e. The first kappa shape index (κ1) is 49.5. The van der Waals surface area contributed by atoms with Crippen molar-refractivity contribution in [2.75, 3.05) is 37.4 Å². The number of methoxy groups -OCH3 is 1. The number of primary amides is 1. The summed E-state index contributed by atoms with van der Waals surface area (Å²) >= 11 is 6.53. The van der Waals surface area contributed by atoms with Gasteiger partial charge in [0.25, 0.3) is 0 Å². The number of hydrogen-bond donors (Lipinski definition) is 3. The fraction of sp³-hybridized carbons (Fsp3) is 0.450. The molecule has 1 atom stereocenters. The van der Waals surface area contributed by atoms with Crippen LogP contribution < -0.4 is 16.4 Å². The lowest BCUT2D eigenvalue weighted by Crippen LogP contribution is -2.42. The summed E-state index contributed by atoms with van der Waals surface area (Å²) < 4.78 is 24.0. The van der Waals surface area contributed by atoms with Gasteiger partial charge in [0.05, 0.1) is 42.6 Å². The normalized spacial score (nSPS) is 12.6. The van der Waals surface area contributed by atoms with Crippen LogP contribution in [0.4, 0.5) is 20.6 Å². The van der Waals surface area contributed by atoms with E-state index in [9.17, 15) is 24.0 Å². The highest BCUT2D eigenvalue weighted by Gasteiger charge is 2.29. The number of benzene rings is 2. The first-order valence-corrected chi connectivity index (χ1v) is 17.6. The third kappa shape index (κ3) is 19.1. The monoisotopic (exact) mass is 743 g/mol. The van der Waals surface area contributed by atoms with E-state index in [1.165, 1.54) is 18.7 Å². The molecule has 0 saturated carbocycles. The van der Waals surface area contributed by atoms with Gasteiger partial charge in [0, 0.05) is 18.7 Å². The summed E-state index contributed by atoms with van der Waals surface area (Å²) in [6.45, 7) is 24.6. The predicted molar refractivity (Wildman–Crippen MR) is 212 cm³/mol. The van der Waals surface area contributed by atoms with E-state index < -0.39 is 17.5 Å². The number of amides is 3. The van der Waals surface area contributed by atoms with Crippen LogP contribution in [0.15, 0.2) is 61.7 Å². The number of allylic oxidation sites excluding steroid dienone is 4. The molecule has 3 rings (SSSR count). The summed E-state index contributed by atoms with van der Waals surface area (Å²) in [5.74, 6) is -1.26. The summed E-state index contributed by atoms with van der Waals surface area (Å²) in [7, 11) is 1.48. The average molecular weight is 744 g/mol. The Hall–Kier alpha value is -4.66. The fourth-order valence-corrected chi connectivity index (χ4v) is 4.85. The van der Waals surface area contributed by atoms with Gasteiger partial charge in [0.1, 0.15) is 17.5 Å². The smallest absolute Gasteiger partial charge is 0.405 e. The zero-order valence-corrected chi connectivity index (χ0v) is 33.4. The van der Waals surface area contributed by atoms with Crippen LogP contribution in [0.3, 0.4) is 0 Å². The van der Waals surface area contributed by atoms with Crippen molar-refractivity contribution in [1.82, 2.24) is 4.90 Å². The Balaban J connectivity index is 0. The molecule has 0 aliphatic carbocycles. The lowest BCUT2D eigenvalue weighted by molar-refractivity contribution is -0.131. The minimum absolute atomic E-state index is 0.0116. The van der Waals surface area contributed by atoms with E-state index >= 15 is 0 Å². The molecule has 0 fully saturated rings. The van der Waals surface area contributed by atoms with Gasteiger partial charge in [-0.05, 0) is 89.3 Å². The van der Waals surface area contributed by atoms with Crippen LogP contribution in [-0.2, 0) is 31.9 Å². The molecule has 0 radical (unpaired) electrons. The maximum atomic E-state index is 14.6. The quantitative estimate of drug-likeness (QED) is 0.171. The first-order chi connectivity index (χ1) is 24.5. The Bertz CT molecular complexity index is 1510. The highest BCUT2D eigenvalue weighted by atomic mass is 35.5. The van der Waals surface area contributed by atoms with Crippen LogP contribution in [0.1, 0.15) is 97.0 Å². The van der Waals surface area contributed by atoms with Gasteiger partial charge in [-0.25, -0.2) is 9.18 Å². The van der Waals surface area contributed by atoms with Gasteiger partial charge in [0.15, 0.2) is 0 Å². The molecule has 288 valence electrons. The number of rotatable bonds is 9. The largest absolute Gasteiger partial charge is 0.444 e. The number of anilines is 2. The molecule has 1 heterocycles. The van der Waals surface area contributed by atoms with Crippen molar-refractivity contribution in [3.63, 3.8) is 0 Å². The Kier molecular flexibility index (Phi) is 25.7. The van der Waals surface area contributed by atoms with Crippen LogP contribution in [-0.4, -0.2) is 55.2 Å². The molecule has 1 unspecified atom stereocenters. The van der Waals surface area contributed by atoms with Crippen molar-refractivity contribution < 1.29 is 28.2 Å². The molecular weight excluding hydrogens is 685 g/mol. The number of ether oxygens (including phenoxy) is 2. The number of carbonyl (C=O) groups is 3. The maximum absolute atomic E-state index is 14.6. The van der Waals surface area contributed by atoms with Crippen molar-refractivity contribution in [1.29, 1.82) is 5.26 Å². The Morgan fingerprint density at radius 2 is 1.71 bits per heavy atom. The van der Waals surface area contributed by atoms with Gasteiger partial charge in [-0.2, -0.15) is 5.26 Å². The second-order valence-electron chi connectivity index (χ2n) is 11.8. The lowest BCUT2D eigenvalue weighted by Gasteiger charge is -2.36. The van der Waals surface area contributed by atoms with Gasteiger partial charge in [-0.15, -0.1) is 0 Å². The zero-order valence-electron chi connectivity index (χ0n) is 32.6. The molecule has 10 nitrogen and oxygen atoms in total. The Labute approximate surface area is 315 Å². The van der Waals surface area contributed by atoms with E-state index in [0.29, 0.717) is 18.0 Å². The number of hydrogen-bond acceptors (Lipinski definition) is 7. The molecule has 0 aromatic heterocycles. The van der Waals surface area contributed by atoms with Crippen molar-refractivity contribution in [2.45, 2.75) is 93.2 Å². The molecule has 0 spiro atoms. The minimum atomic E-state index is -0.725. The number of halogens is 2. The Morgan fingerprint density at radius 1 is 1.12 bits per heavy atom. The lowest BCUT2D eigenvalue weighted by atomic mass is 9.91. The Morgan fingerprint density at radius 3 is 2.15 bits per heavy atom. The number of nitrogens with one attached hydrogen (secondary N) is 2. The molecule has 0 bridgehead atoms. The SMILES string of the molecule is C/C=C\C.C=CC=C.CC.CC(C)(C)OC(N)=O.CCc1cc(Cl)c2c(c1)CCN(C(=O)CNc1cc(NC(=O)CCOC)c(C#N)cc1F)C2C. The molecule has 4 N–H and O–H groups in total. The summed E-state index contributed by atoms with van der Waals surface area (Å²) in [6.07, 6.45) is 8.23. The van der Waals surface area contributed by atoms with Crippen molar-refractivity contribution in [3.05, 3.63) is 94.8 Å². The fourth-order valence-electron chi connectivity index (χ4n) is 4.43. The summed E-state index contributed by atoms with van der Waals surface area (Å²) in [6, 6.07) is 8.10. The van der Waals surface area contributed by atoms with Crippen LogP contribution in [0.5, 0.6) is 0 Å². The summed E-state index contributed by atoms with van der Waals surface area (Å²) in [5, 5.41) is 15.3. The third-order valence-electron chi connectivity index (χ3n) is 6.88. The molecule has 12 heteroatoms. The van der Waals surface area contributed by atoms with E-state index in [4.69, 9.17) is 22.1 Å². The average Bonchev–Trinajstić information content (AvgIpc) is 3.10. The van der Waals surface area contributed by atoms with Crippen LogP contribution in [0, 0.1) is 17.1 Å². The molecule has 52 heavy (non-hydrogen) atoms. The van der Waals surface area contributed by atoms with Crippen LogP contribution >= 0.6 is 11.6 Å². The number of nitrogens with zero attached hydrogens (tertiary/aromatic N) is 2. The third-order valence-corrected chi connectivity index (χ3v) is 7.20. The van der Waals surface area contributed by atoms with Crippen molar-refractivity contribution >= 4 is 40.9 Å². The number of aryl methyl sites for hydroxylation is 1. The summed E-state index contributed by atoms with van der Waals surface area (Å²) in [4.78, 5) is 36.8. The van der Waals surface area contributed by atoms with Crippen molar-refractivity contribution in [2.24, 2.45) is 5.73 Å². The molecule has 1 aliphatic rings.